The molecule has 2 amide bonds. The van der Waals surface area contributed by atoms with Crippen LogP contribution in [-0.4, -0.2) is 52.8 Å². The lowest BCUT2D eigenvalue weighted by Crippen LogP contribution is -2.41. The molecular weight excluding hydrogens is 470 g/mol. The second kappa shape index (κ2) is 10.3. The van der Waals surface area contributed by atoms with Crippen molar-refractivity contribution in [1.82, 2.24) is 9.55 Å². The monoisotopic (exact) mass is 498 g/mol. The van der Waals surface area contributed by atoms with Gasteiger partial charge in [0.15, 0.2) is 0 Å². The molecule has 8 nitrogen and oxygen atoms in total. The number of carbonyl (C=O) groups excluding carboxylic acids is 2. The van der Waals surface area contributed by atoms with Crippen LogP contribution in [0.5, 0.6) is 0 Å². The van der Waals surface area contributed by atoms with Gasteiger partial charge in [-0.1, -0.05) is 25.0 Å². The molecule has 2 unspecified atom stereocenters. The number of rotatable bonds is 5. The van der Waals surface area contributed by atoms with Gasteiger partial charge < -0.3 is 24.3 Å². The Bertz CT molecular complexity index is 1350. The molecule has 2 fully saturated rings. The molecule has 0 radical (unpaired) electrons. The van der Waals surface area contributed by atoms with Gasteiger partial charge in [0, 0.05) is 41.9 Å². The average molecular weight is 499 g/mol. The van der Waals surface area contributed by atoms with Crippen molar-refractivity contribution in [2.45, 2.75) is 38.2 Å². The lowest BCUT2D eigenvalue weighted by Gasteiger charge is -2.31. The number of nitrogens with one attached hydrogen (secondary N) is 1. The van der Waals surface area contributed by atoms with Gasteiger partial charge in [0.1, 0.15) is 6.61 Å². The second-order valence-corrected chi connectivity index (χ2v) is 9.26. The highest BCUT2D eigenvalue weighted by Crippen LogP contribution is 2.35. The van der Waals surface area contributed by atoms with Crippen LogP contribution in [0.2, 0.25) is 0 Å². The van der Waals surface area contributed by atoms with Crippen LogP contribution in [0.4, 0.5) is 14.5 Å². The number of aromatic amines is 1. The van der Waals surface area contributed by atoms with Crippen LogP contribution in [0.15, 0.2) is 47.5 Å². The molecule has 2 aliphatic rings. The fourth-order valence-electron chi connectivity index (χ4n) is 5.21. The molecule has 0 bridgehead atoms. The third kappa shape index (κ3) is 4.70. The van der Waals surface area contributed by atoms with Crippen molar-refractivity contribution in [2.24, 2.45) is 10.9 Å². The minimum Gasteiger partial charge on any atom is -0.396 e. The maximum Gasteiger partial charge on any atom is 0.280 e. The summed E-state index contributed by atoms with van der Waals surface area (Å²) in [4.78, 5) is 34.6. The number of aliphatic hydroxyl groups excluding tert-OH is 1. The molecule has 2 N–H and O–H groups in total. The molecule has 1 saturated carbocycles. The van der Waals surface area contributed by atoms with E-state index in [-0.39, 0.29) is 47.8 Å². The minimum atomic E-state index is -2.69. The van der Waals surface area contributed by atoms with Crippen LogP contribution in [-0.2, 0) is 9.53 Å². The van der Waals surface area contributed by atoms with Gasteiger partial charge in [-0.05, 0) is 43.2 Å². The molecule has 1 aliphatic heterocycles. The van der Waals surface area contributed by atoms with Crippen LogP contribution in [0.1, 0.15) is 54.1 Å². The predicted octanol–water partition coefficient (Wildman–Crippen LogP) is 3.73. The zero-order valence-electron chi connectivity index (χ0n) is 19.7. The van der Waals surface area contributed by atoms with Crippen LogP contribution < -0.4 is 10.5 Å². The zero-order valence-corrected chi connectivity index (χ0v) is 19.7. The van der Waals surface area contributed by atoms with E-state index in [0.29, 0.717) is 24.4 Å². The molecule has 36 heavy (non-hydrogen) atoms. The third-order valence-electron chi connectivity index (χ3n) is 7.04. The first kappa shape index (κ1) is 24.3. The van der Waals surface area contributed by atoms with Gasteiger partial charge in [-0.25, -0.2) is 8.78 Å². The van der Waals surface area contributed by atoms with Crippen molar-refractivity contribution >= 4 is 28.5 Å². The van der Waals surface area contributed by atoms with E-state index in [1.54, 1.807) is 4.90 Å². The lowest BCUT2D eigenvalue weighted by atomic mass is 9.85. The van der Waals surface area contributed by atoms with Crippen LogP contribution in [0.3, 0.4) is 0 Å². The van der Waals surface area contributed by atoms with Gasteiger partial charge in [-0.3, -0.25) is 9.59 Å². The van der Waals surface area contributed by atoms with Crippen molar-refractivity contribution in [3.05, 3.63) is 59.2 Å². The molecule has 0 spiro atoms. The van der Waals surface area contributed by atoms with E-state index in [2.05, 4.69) is 9.98 Å². The quantitative estimate of drug-likeness (QED) is 0.560. The number of benzene rings is 2. The first-order chi connectivity index (χ1) is 17.5. The molecule has 3 aromatic rings. The molecule has 1 saturated heterocycles. The average Bonchev–Trinajstić information content (AvgIpc) is 3.25. The number of fused-ring (bicyclic) bond motifs is 1. The Kier molecular flexibility index (Phi) is 6.97. The number of aliphatic hydroxyl groups is 1. The molecule has 190 valence electrons. The number of imidazole rings is 1. The van der Waals surface area contributed by atoms with Crippen LogP contribution >= 0.6 is 0 Å². The molecule has 1 aromatic heterocycles. The first-order valence-electron chi connectivity index (χ1n) is 12.2. The molecule has 5 rings (SSSR count). The first-order valence-corrected chi connectivity index (χ1v) is 12.2. The summed E-state index contributed by atoms with van der Waals surface area (Å²) in [6.45, 7) is 0.919. The number of aromatic nitrogens is 2. The summed E-state index contributed by atoms with van der Waals surface area (Å²) < 4.78 is 33.5. The minimum absolute atomic E-state index is 0.00513. The molecule has 2 aromatic carbocycles. The summed E-state index contributed by atoms with van der Waals surface area (Å²) in [6.07, 6.45) is 0.963. The number of alkyl halides is 2. The highest BCUT2D eigenvalue weighted by molar-refractivity contribution is 5.97. The summed E-state index contributed by atoms with van der Waals surface area (Å²) in [5.74, 6) is -0.779. The number of nitrogens with zero attached hydrogens (tertiary/aromatic N) is 3. The van der Waals surface area contributed by atoms with E-state index in [1.165, 1.54) is 18.2 Å². The number of amides is 2. The molecular formula is C26H28F2N4O4. The Morgan fingerprint density at radius 2 is 2.03 bits per heavy atom. The van der Waals surface area contributed by atoms with Crippen molar-refractivity contribution in [3.8, 4) is 0 Å². The normalized spacial score (nSPS) is 21.5. The third-order valence-corrected chi connectivity index (χ3v) is 7.04. The van der Waals surface area contributed by atoms with E-state index in [0.717, 1.165) is 37.3 Å². The number of hydrogen-bond acceptors (Lipinski definition) is 4. The summed E-state index contributed by atoms with van der Waals surface area (Å²) in [5.41, 5.74) is 2.29. The maximum absolute atomic E-state index is 13.2. The number of anilines is 1. The number of halogens is 2. The Balaban J connectivity index is 1.63. The van der Waals surface area contributed by atoms with Gasteiger partial charge in [-0.2, -0.15) is 4.99 Å². The maximum atomic E-state index is 13.2. The second-order valence-electron chi connectivity index (χ2n) is 9.26. The Morgan fingerprint density at radius 3 is 2.81 bits per heavy atom. The molecule has 2 atom stereocenters. The summed E-state index contributed by atoms with van der Waals surface area (Å²) >= 11 is 0. The summed E-state index contributed by atoms with van der Waals surface area (Å²) in [5, 5.41) is 10.1. The fourth-order valence-corrected chi connectivity index (χ4v) is 5.21. The van der Waals surface area contributed by atoms with Crippen molar-refractivity contribution in [2.75, 3.05) is 31.3 Å². The molecule has 1 aliphatic carbocycles. The standard InChI is InChI=1S/C26H28F2N4O4/c27-24(28)16-5-3-6-17(12-16)25(35)30-26-29-20-13-19(31-10-11-36-15-23(31)34)8-9-22(20)32(26)21-7-2-1-4-18(21)14-33/h3,5-6,8-9,12-13,18,21,24,33H,1-2,4,7,10-11,14-15H2,(H,29,30,35). The van der Waals surface area contributed by atoms with Gasteiger partial charge in [0.2, 0.25) is 5.62 Å². The molecule has 10 heteroatoms. The van der Waals surface area contributed by atoms with Gasteiger partial charge >= 0.3 is 0 Å². The van der Waals surface area contributed by atoms with Gasteiger partial charge in [0.25, 0.3) is 18.2 Å². The highest BCUT2D eigenvalue weighted by Gasteiger charge is 2.29. The topological polar surface area (TPSA) is 99.9 Å². The lowest BCUT2D eigenvalue weighted by molar-refractivity contribution is -0.125. The Hall–Kier alpha value is -3.37. The van der Waals surface area contributed by atoms with Gasteiger partial charge in [0.05, 0.1) is 17.6 Å². The fraction of sp³-hybridized carbons (Fsp3) is 0.423. The highest BCUT2D eigenvalue weighted by atomic mass is 19.3. The van der Waals surface area contributed by atoms with Crippen molar-refractivity contribution in [3.63, 3.8) is 0 Å². The van der Waals surface area contributed by atoms with Crippen molar-refractivity contribution in [1.29, 1.82) is 0 Å². The van der Waals surface area contributed by atoms with E-state index >= 15 is 0 Å². The Morgan fingerprint density at radius 1 is 1.19 bits per heavy atom. The van der Waals surface area contributed by atoms with E-state index < -0.39 is 12.3 Å². The SMILES string of the molecule is O=C(/N=c1\[nH]c2cc(N3CCOCC3=O)ccc2n1C1CCCCC1CO)c1cccc(C(F)F)c1. The number of morpholine rings is 1. The molecule has 2 heterocycles. The number of carbonyl (C=O) groups is 2. The van der Waals surface area contributed by atoms with Crippen LogP contribution in [0, 0.1) is 5.92 Å². The number of H-pyrrole nitrogens is 1. The van der Waals surface area contributed by atoms with E-state index in [9.17, 15) is 23.5 Å². The van der Waals surface area contributed by atoms with E-state index in [4.69, 9.17) is 4.74 Å². The predicted molar refractivity (Wildman–Crippen MR) is 129 cm³/mol. The summed E-state index contributed by atoms with van der Waals surface area (Å²) in [6, 6.07) is 10.8. The van der Waals surface area contributed by atoms with Crippen molar-refractivity contribution < 1.29 is 28.2 Å². The smallest absolute Gasteiger partial charge is 0.280 e. The Labute approximate surface area is 206 Å². The zero-order chi connectivity index (χ0) is 25.2. The largest absolute Gasteiger partial charge is 0.396 e. The van der Waals surface area contributed by atoms with Gasteiger partial charge in [-0.15, -0.1) is 0 Å². The van der Waals surface area contributed by atoms with E-state index in [1.807, 2.05) is 22.8 Å². The number of hydrogen-bond donors (Lipinski definition) is 2. The van der Waals surface area contributed by atoms with Crippen LogP contribution in [0.25, 0.3) is 11.0 Å². The number of ether oxygens (including phenoxy) is 1. The summed E-state index contributed by atoms with van der Waals surface area (Å²) in [7, 11) is 0.